The lowest BCUT2D eigenvalue weighted by molar-refractivity contribution is 0.0831. The van der Waals surface area contributed by atoms with Crippen LogP contribution in [-0.4, -0.2) is 123 Å². The second-order valence-corrected chi connectivity index (χ2v) is 18.1. The van der Waals surface area contributed by atoms with E-state index in [1.165, 1.54) is 5.56 Å². The second kappa shape index (κ2) is 19.7. The van der Waals surface area contributed by atoms with Gasteiger partial charge in [-0.25, -0.2) is 19.0 Å². The van der Waals surface area contributed by atoms with Crippen LogP contribution in [-0.2, 0) is 16.0 Å². The fourth-order valence-electron chi connectivity index (χ4n) is 9.82. The van der Waals surface area contributed by atoms with Crippen molar-refractivity contribution in [1.29, 1.82) is 0 Å². The standard InChI is InChI=1S/C24H27N7O2.C15H21N5O2.C9H6N2O/c1-15-12-30(13-16-2-3-19-20(10-16)26-7-6-25-19)14-18(15)22-28-24(32)21-11-27-23(31(21)29-22)17-4-8-33-9-5-17;1-9-6-16-7-11(9)13-18-15(21)12-8-17-14(20(12)19-13)10-2-4-22-5-3-10;12-6-7-1-2-8-9(5-7)11-4-3-10-8/h2-3,6-7,10-11,15,17-18H,4-5,8-9,12-14H2,1H3,(H,28,29,32);8-11,16H,2-7H2,1H3,(H,18,19,21);1-6H. The van der Waals surface area contributed by atoms with Crippen molar-refractivity contribution >= 4 is 39.4 Å². The number of ether oxygens (including phenoxy) is 2. The minimum Gasteiger partial charge on any atom is -0.381 e. The molecule has 6 aromatic heterocycles. The highest BCUT2D eigenvalue weighted by Crippen LogP contribution is 2.33. The number of aromatic nitrogens is 12. The van der Waals surface area contributed by atoms with Crippen LogP contribution < -0.4 is 16.4 Å². The van der Waals surface area contributed by atoms with E-state index in [-0.39, 0.29) is 28.9 Å². The van der Waals surface area contributed by atoms with Crippen LogP contribution in [0.15, 0.2) is 83.2 Å². The maximum atomic E-state index is 12.8. The van der Waals surface area contributed by atoms with Crippen LogP contribution >= 0.6 is 0 Å². The molecule has 67 heavy (non-hydrogen) atoms. The molecule has 3 N–H and O–H groups in total. The van der Waals surface area contributed by atoms with E-state index in [9.17, 15) is 14.4 Å². The van der Waals surface area contributed by atoms with Gasteiger partial charge in [0.15, 0.2) is 11.0 Å². The highest BCUT2D eigenvalue weighted by molar-refractivity contribution is 5.84. The Morgan fingerprint density at radius 1 is 0.627 bits per heavy atom. The Balaban J connectivity index is 0.000000132. The third-order valence-corrected chi connectivity index (χ3v) is 13.5. The average Bonchev–Trinajstić information content (AvgIpc) is 4.19. The molecule has 12 rings (SSSR count). The minimum atomic E-state index is -0.121. The van der Waals surface area contributed by atoms with Crippen molar-refractivity contribution in [3.63, 3.8) is 0 Å². The molecule has 19 heteroatoms. The Kier molecular flexibility index (Phi) is 13.0. The lowest BCUT2D eigenvalue weighted by Crippen LogP contribution is -2.24. The van der Waals surface area contributed by atoms with Crippen molar-refractivity contribution in [3.8, 4) is 0 Å². The third-order valence-electron chi connectivity index (χ3n) is 13.5. The summed E-state index contributed by atoms with van der Waals surface area (Å²) in [6.45, 7) is 11.8. The highest BCUT2D eigenvalue weighted by Gasteiger charge is 2.34. The maximum Gasteiger partial charge on any atom is 0.276 e. The zero-order valence-corrected chi connectivity index (χ0v) is 37.6. The summed E-state index contributed by atoms with van der Waals surface area (Å²) in [6.07, 6.45) is 14.4. The lowest BCUT2D eigenvalue weighted by atomic mass is 9.97. The van der Waals surface area contributed by atoms with Crippen molar-refractivity contribution < 1.29 is 14.3 Å². The van der Waals surface area contributed by atoms with Crippen LogP contribution in [0.1, 0.15) is 102 Å². The Labute approximate surface area is 384 Å². The maximum absolute atomic E-state index is 12.8. The molecule has 8 aromatic rings. The van der Waals surface area contributed by atoms with Gasteiger partial charge in [0.1, 0.15) is 29.6 Å². The molecule has 0 spiro atoms. The molecule has 4 saturated heterocycles. The number of likely N-dealkylation sites (tertiary alicyclic amines) is 1. The van der Waals surface area contributed by atoms with E-state index in [1.54, 1.807) is 64.4 Å². The number of aromatic amines is 2. The normalized spacial score (nSPS) is 21.6. The van der Waals surface area contributed by atoms with Gasteiger partial charge in [-0.3, -0.25) is 39.2 Å². The Morgan fingerprint density at radius 2 is 1.16 bits per heavy atom. The Hall–Kier alpha value is -6.67. The third kappa shape index (κ3) is 9.49. The Bertz CT molecular complexity index is 3140. The predicted octanol–water partition coefficient (Wildman–Crippen LogP) is 4.57. The molecule has 4 aliphatic rings. The summed E-state index contributed by atoms with van der Waals surface area (Å²) in [7, 11) is 0. The van der Waals surface area contributed by atoms with E-state index in [1.807, 2.05) is 6.07 Å². The SMILES string of the molecule is CC1CN(Cc2ccc3nccnc3c2)CC1c1nn2c(C3CCOCC3)ncc2c(=O)[nH]1.CC1CNCC1c1nn2c(C3CCOCC3)ncc2c(=O)[nH]1.O=Cc1ccc2nccnc2c1. The van der Waals surface area contributed by atoms with Crippen LogP contribution in [0, 0.1) is 11.8 Å². The molecule has 346 valence electrons. The summed E-state index contributed by atoms with van der Waals surface area (Å²) in [4.78, 5) is 70.0. The number of H-pyrrole nitrogens is 2. The molecule has 0 radical (unpaired) electrons. The smallest absolute Gasteiger partial charge is 0.276 e. The summed E-state index contributed by atoms with van der Waals surface area (Å²) >= 11 is 0. The molecule has 4 unspecified atom stereocenters. The number of carbonyl (C=O) groups excluding carboxylic acids is 1. The molecular formula is C48H54N14O5. The first-order chi connectivity index (χ1) is 32.8. The predicted molar refractivity (Wildman–Crippen MR) is 249 cm³/mol. The monoisotopic (exact) mass is 906 g/mol. The van der Waals surface area contributed by atoms with Gasteiger partial charge in [-0.15, -0.1) is 0 Å². The van der Waals surface area contributed by atoms with Gasteiger partial charge in [-0.1, -0.05) is 19.9 Å². The van der Waals surface area contributed by atoms with Gasteiger partial charge in [-0.05, 0) is 80.0 Å². The highest BCUT2D eigenvalue weighted by atomic mass is 16.5. The fraction of sp³-hybridized carbons (Fsp3) is 0.438. The van der Waals surface area contributed by atoms with E-state index >= 15 is 0 Å². The molecule has 19 nitrogen and oxygen atoms in total. The van der Waals surface area contributed by atoms with Crippen LogP contribution in [0.4, 0.5) is 0 Å². The molecule has 0 saturated carbocycles. The summed E-state index contributed by atoms with van der Waals surface area (Å²) in [5.74, 6) is 5.13. The van der Waals surface area contributed by atoms with Gasteiger partial charge in [0.05, 0.1) is 34.5 Å². The molecule has 4 aliphatic heterocycles. The second-order valence-electron chi connectivity index (χ2n) is 18.1. The van der Waals surface area contributed by atoms with E-state index in [2.05, 4.69) is 76.1 Å². The molecule has 0 bridgehead atoms. The topological polar surface area (TPSA) is 228 Å². The molecule has 0 amide bonds. The number of carbonyl (C=O) groups is 1. The van der Waals surface area contributed by atoms with Gasteiger partial charge >= 0.3 is 0 Å². The van der Waals surface area contributed by atoms with Crippen LogP contribution in [0.25, 0.3) is 33.1 Å². The molecule has 0 aliphatic carbocycles. The quantitative estimate of drug-likeness (QED) is 0.186. The number of rotatable bonds is 7. The lowest BCUT2D eigenvalue weighted by Gasteiger charge is -2.21. The number of imidazole rings is 2. The largest absolute Gasteiger partial charge is 0.381 e. The Morgan fingerprint density at radius 3 is 1.72 bits per heavy atom. The van der Waals surface area contributed by atoms with Crippen molar-refractivity contribution in [2.24, 2.45) is 11.8 Å². The van der Waals surface area contributed by atoms with Gasteiger partial charge in [0.25, 0.3) is 11.1 Å². The van der Waals surface area contributed by atoms with Gasteiger partial charge < -0.3 is 24.8 Å². The first-order valence-corrected chi connectivity index (χ1v) is 23.2. The fourth-order valence-corrected chi connectivity index (χ4v) is 9.82. The minimum absolute atomic E-state index is 0.102. The van der Waals surface area contributed by atoms with E-state index in [0.717, 1.165) is 136 Å². The summed E-state index contributed by atoms with van der Waals surface area (Å²) in [5.41, 5.74) is 6.04. The number of nitrogens with one attached hydrogen (secondary N) is 3. The summed E-state index contributed by atoms with van der Waals surface area (Å²) in [5, 5.41) is 13.0. The number of hydrogen-bond acceptors (Lipinski definition) is 15. The number of benzene rings is 2. The average molecular weight is 907 g/mol. The first kappa shape index (κ1) is 44.2. The van der Waals surface area contributed by atoms with Crippen LogP contribution in [0.5, 0.6) is 0 Å². The molecule has 2 aromatic carbocycles. The first-order valence-electron chi connectivity index (χ1n) is 23.2. The van der Waals surface area contributed by atoms with E-state index in [4.69, 9.17) is 19.7 Å². The summed E-state index contributed by atoms with van der Waals surface area (Å²) in [6, 6.07) is 11.5. The zero-order chi connectivity index (χ0) is 45.9. The number of hydrogen-bond donors (Lipinski definition) is 3. The molecular weight excluding hydrogens is 853 g/mol. The molecule has 4 fully saturated rings. The number of nitrogens with zero attached hydrogens (tertiary/aromatic N) is 11. The number of fused-ring (bicyclic) bond motifs is 4. The van der Waals surface area contributed by atoms with Crippen molar-refractivity contribution in [3.05, 3.63) is 129 Å². The molecule has 4 atom stereocenters. The van der Waals surface area contributed by atoms with Gasteiger partial charge in [-0.2, -0.15) is 10.2 Å². The van der Waals surface area contributed by atoms with E-state index < -0.39 is 0 Å². The zero-order valence-electron chi connectivity index (χ0n) is 37.6. The van der Waals surface area contributed by atoms with Crippen molar-refractivity contribution in [2.75, 3.05) is 52.6 Å². The van der Waals surface area contributed by atoms with Crippen molar-refractivity contribution in [2.45, 2.75) is 69.7 Å². The van der Waals surface area contributed by atoms with E-state index in [0.29, 0.717) is 34.4 Å². The number of aldehydes is 1. The van der Waals surface area contributed by atoms with Crippen molar-refractivity contribution in [1.82, 2.24) is 69.3 Å². The van der Waals surface area contributed by atoms with Gasteiger partial charge in [0.2, 0.25) is 0 Å². The summed E-state index contributed by atoms with van der Waals surface area (Å²) < 4.78 is 14.5. The van der Waals surface area contributed by atoms with Gasteiger partial charge in [0, 0.05) is 107 Å². The van der Waals surface area contributed by atoms with Crippen LogP contribution in [0.3, 0.4) is 0 Å². The molecule has 10 heterocycles. The van der Waals surface area contributed by atoms with Crippen LogP contribution in [0.2, 0.25) is 0 Å².